The summed E-state index contributed by atoms with van der Waals surface area (Å²) in [5.74, 6) is 0.244. The molecule has 20 heavy (non-hydrogen) atoms. The standard InChI is InChI=1S/C16H23N3O/c1-12(16(20)18-9-7-14(17)8-10-18)19-11-6-13-4-2-3-5-15(13)19/h2-5,12,14H,6-11,17H2,1H3. The number of hydrogen-bond donors (Lipinski definition) is 1. The quantitative estimate of drug-likeness (QED) is 0.886. The highest BCUT2D eigenvalue weighted by Gasteiger charge is 2.31. The summed E-state index contributed by atoms with van der Waals surface area (Å²) in [6.07, 6.45) is 2.89. The maximum absolute atomic E-state index is 12.6. The number of benzene rings is 1. The molecule has 0 aromatic heterocycles. The van der Waals surface area contributed by atoms with Crippen LogP contribution in [0.3, 0.4) is 0 Å². The van der Waals surface area contributed by atoms with Crippen molar-refractivity contribution in [2.24, 2.45) is 5.73 Å². The normalized spacial score (nSPS) is 20.9. The number of rotatable bonds is 2. The summed E-state index contributed by atoms with van der Waals surface area (Å²) in [5, 5.41) is 0. The van der Waals surface area contributed by atoms with Gasteiger partial charge in [0.2, 0.25) is 5.91 Å². The van der Waals surface area contributed by atoms with E-state index in [9.17, 15) is 4.79 Å². The van der Waals surface area contributed by atoms with Crippen LogP contribution in [-0.2, 0) is 11.2 Å². The van der Waals surface area contributed by atoms with Gasteiger partial charge in [-0.15, -0.1) is 0 Å². The van der Waals surface area contributed by atoms with E-state index in [1.165, 1.54) is 11.3 Å². The van der Waals surface area contributed by atoms with Crippen LogP contribution in [0.25, 0.3) is 0 Å². The van der Waals surface area contributed by atoms with Gasteiger partial charge in [0.05, 0.1) is 0 Å². The van der Waals surface area contributed by atoms with Gasteiger partial charge in [0, 0.05) is 31.4 Å². The number of para-hydroxylation sites is 1. The number of anilines is 1. The maximum atomic E-state index is 12.6. The van der Waals surface area contributed by atoms with Gasteiger partial charge in [0.25, 0.3) is 0 Å². The minimum absolute atomic E-state index is 0.0759. The van der Waals surface area contributed by atoms with E-state index >= 15 is 0 Å². The Morgan fingerprint density at radius 3 is 2.70 bits per heavy atom. The molecule has 1 saturated heterocycles. The molecule has 0 aliphatic carbocycles. The lowest BCUT2D eigenvalue weighted by molar-refractivity contribution is -0.133. The van der Waals surface area contributed by atoms with E-state index in [2.05, 4.69) is 23.1 Å². The number of carbonyl (C=O) groups excluding carboxylic acids is 1. The molecular formula is C16H23N3O. The van der Waals surface area contributed by atoms with Gasteiger partial charge in [-0.2, -0.15) is 0 Å². The first-order chi connectivity index (χ1) is 9.66. The molecule has 4 nitrogen and oxygen atoms in total. The Labute approximate surface area is 120 Å². The molecule has 0 saturated carbocycles. The summed E-state index contributed by atoms with van der Waals surface area (Å²) in [6, 6.07) is 8.59. The molecule has 2 aliphatic rings. The molecule has 1 aromatic carbocycles. The molecule has 1 aromatic rings. The zero-order valence-corrected chi connectivity index (χ0v) is 12.1. The second-order valence-electron chi connectivity index (χ2n) is 5.91. The first-order valence-electron chi connectivity index (χ1n) is 7.55. The number of nitrogens with zero attached hydrogens (tertiary/aromatic N) is 2. The van der Waals surface area contributed by atoms with Gasteiger partial charge in [0.1, 0.15) is 6.04 Å². The number of nitrogens with two attached hydrogens (primary N) is 1. The van der Waals surface area contributed by atoms with Crippen LogP contribution in [0.4, 0.5) is 5.69 Å². The van der Waals surface area contributed by atoms with E-state index in [-0.39, 0.29) is 18.0 Å². The fourth-order valence-electron chi connectivity index (χ4n) is 3.28. The number of fused-ring (bicyclic) bond motifs is 1. The van der Waals surface area contributed by atoms with Crippen LogP contribution >= 0.6 is 0 Å². The first-order valence-corrected chi connectivity index (χ1v) is 7.55. The van der Waals surface area contributed by atoms with Crippen molar-refractivity contribution in [2.75, 3.05) is 24.5 Å². The fraction of sp³-hybridized carbons (Fsp3) is 0.562. The molecule has 0 radical (unpaired) electrons. The topological polar surface area (TPSA) is 49.6 Å². The zero-order chi connectivity index (χ0) is 14.1. The van der Waals surface area contributed by atoms with Crippen LogP contribution < -0.4 is 10.6 Å². The predicted octanol–water partition coefficient (Wildman–Crippen LogP) is 1.39. The monoisotopic (exact) mass is 273 g/mol. The van der Waals surface area contributed by atoms with Gasteiger partial charge in [-0.3, -0.25) is 4.79 Å². The third-order valence-electron chi connectivity index (χ3n) is 4.60. The van der Waals surface area contributed by atoms with E-state index in [1.807, 2.05) is 17.9 Å². The highest BCUT2D eigenvalue weighted by atomic mass is 16.2. The average molecular weight is 273 g/mol. The van der Waals surface area contributed by atoms with Gasteiger partial charge >= 0.3 is 0 Å². The molecule has 1 amide bonds. The average Bonchev–Trinajstić information content (AvgIpc) is 2.90. The highest BCUT2D eigenvalue weighted by molar-refractivity contribution is 5.86. The van der Waals surface area contributed by atoms with Crippen LogP contribution in [0.15, 0.2) is 24.3 Å². The summed E-state index contributed by atoms with van der Waals surface area (Å²) in [7, 11) is 0. The summed E-state index contributed by atoms with van der Waals surface area (Å²) in [6.45, 7) is 4.58. The van der Waals surface area contributed by atoms with Crippen molar-refractivity contribution >= 4 is 11.6 Å². The SMILES string of the molecule is CC(C(=O)N1CCC(N)CC1)N1CCc2ccccc21. The third kappa shape index (κ3) is 2.40. The summed E-state index contributed by atoms with van der Waals surface area (Å²) >= 11 is 0. The largest absolute Gasteiger partial charge is 0.359 e. The number of carbonyl (C=O) groups is 1. The maximum Gasteiger partial charge on any atom is 0.244 e. The van der Waals surface area contributed by atoms with Crippen LogP contribution in [-0.4, -0.2) is 42.5 Å². The van der Waals surface area contributed by atoms with Crippen molar-refractivity contribution in [1.82, 2.24) is 4.90 Å². The van der Waals surface area contributed by atoms with Crippen LogP contribution in [0.2, 0.25) is 0 Å². The number of piperidine rings is 1. The van der Waals surface area contributed by atoms with Crippen LogP contribution in [0.1, 0.15) is 25.3 Å². The van der Waals surface area contributed by atoms with Gasteiger partial charge in [-0.25, -0.2) is 0 Å². The lowest BCUT2D eigenvalue weighted by Crippen LogP contribution is -2.50. The van der Waals surface area contributed by atoms with E-state index in [0.29, 0.717) is 0 Å². The van der Waals surface area contributed by atoms with E-state index in [0.717, 1.165) is 38.9 Å². The molecule has 2 heterocycles. The number of amides is 1. The zero-order valence-electron chi connectivity index (χ0n) is 12.1. The highest BCUT2D eigenvalue weighted by Crippen LogP contribution is 2.29. The van der Waals surface area contributed by atoms with Crippen molar-refractivity contribution in [3.8, 4) is 0 Å². The molecule has 1 unspecified atom stereocenters. The Balaban J connectivity index is 1.70. The number of hydrogen-bond acceptors (Lipinski definition) is 3. The molecule has 2 aliphatic heterocycles. The van der Waals surface area contributed by atoms with Crippen LogP contribution in [0.5, 0.6) is 0 Å². The van der Waals surface area contributed by atoms with Gasteiger partial charge in [0.15, 0.2) is 0 Å². The predicted molar refractivity (Wildman–Crippen MR) is 80.7 cm³/mol. The molecule has 4 heteroatoms. The summed E-state index contributed by atoms with van der Waals surface area (Å²) in [5.41, 5.74) is 8.49. The number of likely N-dealkylation sites (tertiary alicyclic amines) is 1. The molecule has 0 spiro atoms. The second-order valence-corrected chi connectivity index (χ2v) is 5.91. The Bertz CT molecular complexity index is 494. The summed E-state index contributed by atoms with van der Waals surface area (Å²) < 4.78 is 0. The summed E-state index contributed by atoms with van der Waals surface area (Å²) in [4.78, 5) is 16.9. The van der Waals surface area contributed by atoms with E-state index < -0.39 is 0 Å². The molecule has 2 N–H and O–H groups in total. The second kappa shape index (κ2) is 5.44. The van der Waals surface area contributed by atoms with Gasteiger partial charge < -0.3 is 15.5 Å². The molecule has 108 valence electrons. The Morgan fingerprint density at radius 1 is 1.25 bits per heavy atom. The smallest absolute Gasteiger partial charge is 0.244 e. The van der Waals surface area contributed by atoms with E-state index in [1.54, 1.807) is 0 Å². The molecule has 1 atom stereocenters. The fourth-order valence-corrected chi connectivity index (χ4v) is 3.28. The third-order valence-corrected chi connectivity index (χ3v) is 4.60. The molecular weight excluding hydrogens is 250 g/mol. The Kier molecular flexibility index (Phi) is 3.66. The van der Waals surface area contributed by atoms with E-state index in [4.69, 9.17) is 5.73 Å². The minimum atomic E-state index is -0.0759. The Hall–Kier alpha value is -1.55. The van der Waals surface area contributed by atoms with Crippen molar-refractivity contribution < 1.29 is 4.79 Å². The van der Waals surface area contributed by atoms with Gasteiger partial charge in [-0.1, -0.05) is 18.2 Å². The first kappa shape index (κ1) is 13.4. The molecule has 3 rings (SSSR count). The van der Waals surface area contributed by atoms with Crippen LogP contribution in [0, 0.1) is 0 Å². The van der Waals surface area contributed by atoms with Crippen molar-refractivity contribution in [3.05, 3.63) is 29.8 Å². The van der Waals surface area contributed by atoms with Crippen molar-refractivity contribution in [1.29, 1.82) is 0 Å². The lowest BCUT2D eigenvalue weighted by Gasteiger charge is -2.35. The lowest BCUT2D eigenvalue weighted by atomic mass is 10.1. The van der Waals surface area contributed by atoms with Gasteiger partial charge in [-0.05, 0) is 37.8 Å². The minimum Gasteiger partial charge on any atom is -0.359 e. The molecule has 1 fully saturated rings. The molecule has 0 bridgehead atoms. The van der Waals surface area contributed by atoms with Crippen molar-refractivity contribution in [3.63, 3.8) is 0 Å². The Morgan fingerprint density at radius 2 is 1.95 bits per heavy atom. The van der Waals surface area contributed by atoms with Crippen molar-refractivity contribution in [2.45, 2.75) is 38.3 Å².